The molecule has 20 heavy (non-hydrogen) atoms. The second-order valence-corrected chi connectivity index (χ2v) is 4.07. The van der Waals surface area contributed by atoms with Crippen LogP contribution in [0.1, 0.15) is 11.1 Å². The predicted octanol–water partition coefficient (Wildman–Crippen LogP) is -0.0650. The van der Waals surface area contributed by atoms with E-state index in [0.29, 0.717) is 6.54 Å². The van der Waals surface area contributed by atoms with Gasteiger partial charge in [0.05, 0.1) is 6.21 Å². The van der Waals surface area contributed by atoms with Crippen LogP contribution in [0.25, 0.3) is 0 Å². The van der Waals surface area contributed by atoms with Crippen LogP contribution in [-0.4, -0.2) is 27.8 Å². The van der Waals surface area contributed by atoms with E-state index in [1.165, 1.54) is 5.56 Å². The lowest BCUT2D eigenvalue weighted by Crippen LogP contribution is -2.25. The Hall–Kier alpha value is -2.83. The average Bonchev–Trinajstić information content (AvgIpc) is 2.42. The van der Waals surface area contributed by atoms with E-state index >= 15 is 0 Å². The number of H-pyrrole nitrogens is 2. The SMILES string of the molecule is O=c1[nH]c(O)c(/C=N\NCCc2ccccc2)c(=O)[nH]1. The van der Waals surface area contributed by atoms with Crippen LogP contribution in [0, 0.1) is 0 Å². The van der Waals surface area contributed by atoms with Gasteiger partial charge in [-0.25, -0.2) is 4.79 Å². The highest BCUT2D eigenvalue weighted by molar-refractivity contribution is 5.81. The van der Waals surface area contributed by atoms with Gasteiger partial charge in [0.1, 0.15) is 5.56 Å². The normalized spacial score (nSPS) is 10.8. The van der Waals surface area contributed by atoms with Crippen molar-refractivity contribution in [3.63, 3.8) is 0 Å². The molecule has 2 rings (SSSR count). The van der Waals surface area contributed by atoms with Gasteiger partial charge in [-0.05, 0) is 12.0 Å². The first kappa shape index (κ1) is 13.6. The maximum absolute atomic E-state index is 11.4. The minimum absolute atomic E-state index is 0.100. The third-order valence-corrected chi connectivity index (χ3v) is 2.61. The molecule has 0 unspecified atom stereocenters. The van der Waals surface area contributed by atoms with Crippen LogP contribution in [0.2, 0.25) is 0 Å². The molecular weight excluding hydrogens is 260 g/mol. The quantitative estimate of drug-likeness (QED) is 0.347. The molecule has 0 atom stereocenters. The van der Waals surface area contributed by atoms with Gasteiger partial charge in [-0.3, -0.25) is 14.8 Å². The van der Waals surface area contributed by atoms with Crippen molar-refractivity contribution in [1.29, 1.82) is 0 Å². The molecule has 0 saturated carbocycles. The number of aromatic nitrogens is 2. The zero-order chi connectivity index (χ0) is 14.4. The highest BCUT2D eigenvalue weighted by atomic mass is 16.3. The van der Waals surface area contributed by atoms with Crippen molar-refractivity contribution in [2.24, 2.45) is 5.10 Å². The van der Waals surface area contributed by atoms with Crippen LogP contribution in [0.15, 0.2) is 45.0 Å². The molecule has 4 N–H and O–H groups in total. The smallest absolute Gasteiger partial charge is 0.328 e. The Bertz CT molecular complexity index is 704. The highest BCUT2D eigenvalue weighted by Crippen LogP contribution is 2.00. The summed E-state index contributed by atoms with van der Waals surface area (Å²) < 4.78 is 0. The Labute approximate surface area is 114 Å². The molecule has 1 aromatic carbocycles. The zero-order valence-electron chi connectivity index (χ0n) is 10.6. The number of nitrogens with one attached hydrogen (secondary N) is 3. The molecule has 7 nitrogen and oxygen atoms in total. The number of rotatable bonds is 5. The van der Waals surface area contributed by atoms with E-state index in [1.807, 2.05) is 35.3 Å². The van der Waals surface area contributed by atoms with Crippen molar-refractivity contribution in [3.8, 4) is 5.88 Å². The molecule has 0 fully saturated rings. The van der Waals surface area contributed by atoms with Gasteiger partial charge >= 0.3 is 5.69 Å². The topological polar surface area (TPSA) is 110 Å². The molecule has 0 radical (unpaired) electrons. The summed E-state index contributed by atoms with van der Waals surface area (Å²) in [6.07, 6.45) is 1.95. The molecule has 1 aromatic heterocycles. The summed E-state index contributed by atoms with van der Waals surface area (Å²) in [5.41, 5.74) is 2.37. The predicted molar refractivity (Wildman–Crippen MR) is 75.1 cm³/mol. The molecule has 0 aliphatic heterocycles. The first-order chi connectivity index (χ1) is 9.66. The lowest BCUT2D eigenvalue weighted by Gasteiger charge is -2.01. The minimum atomic E-state index is -0.762. The third-order valence-electron chi connectivity index (χ3n) is 2.61. The van der Waals surface area contributed by atoms with Gasteiger partial charge in [-0.15, -0.1) is 0 Å². The molecular formula is C13H14N4O3. The number of nitrogens with zero attached hydrogens (tertiary/aromatic N) is 1. The maximum Gasteiger partial charge on any atom is 0.328 e. The number of aromatic amines is 2. The minimum Gasteiger partial charge on any atom is -0.494 e. The van der Waals surface area contributed by atoms with E-state index in [9.17, 15) is 14.7 Å². The summed E-state index contributed by atoms with van der Waals surface area (Å²) >= 11 is 0. The van der Waals surface area contributed by atoms with Crippen molar-refractivity contribution < 1.29 is 5.11 Å². The van der Waals surface area contributed by atoms with E-state index < -0.39 is 17.1 Å². The number of benzene rings is 1. The van der Waals surface area contributed by atoms with E-state index in [4.69, 9.17) is 0 Å². The summed E-state index contributed by atoms with van der Waals surface area (Å²) in [7, 11) is 0. The van der Waals surface area contributed by atoms with Crippen LogP contribution < -0.4 is 16.7 Å². The van der Waals surface area contributed by atoms with Crippen LogP contribution in [-0.2, 0) is 6.42 Å². The Morgan fingerprint density at radius 2 is 1.95 bits per heavy atom. The van der Waals surface area contributed by atoms with Gasteiger partial charge in [-0.2, -0.15) is 5.10 Å². The van der Waals surface area contributed by atoms with Crippen LogP contribution in [0.5, 0.6) is 5.88 Å². The van der Waals surface area contributed by atoms with Gasteiger partial charge in [0.2, 0.25) is 5.88 Å². The number of hydrogen-bond acceptors (Lipinski definition) is 5. The standard InChI is InChI=1S/C13H14N4O3/c18-11-10(12(19)17-13(20)16-11)8-15-14-7-6-9-4-2-1-3-5-9/h1-5,8,14H,6-7H2,(H3,16,17,18,19,20)/b15-8-. The Morgan fingerprint density at radius 1 is 1.20 bits per heavy atom. The second-order valence-electron chi connectivity index (χ2n) is 4.07. The molecule has 0 aliphatic rings. The molecule has 0 amide bonds. The summed E-state index contributed by atoms with van der Waals surface area (Å²) in [4.78, 5) is 26.3. The summed E-state index contributed by atoms with van der Waals surface area (Å²) in [5.74, 6) is -0.507. The van der Waals surface area contributed by atoms with E-state index in [0.717, 1.165) is 12.6 Å². The van der Waals surface area contributed by atoms with Crippen LogP contribution in [0.3, 0.4) is 0 Å². The molecule has 2 aromatic rings. The molecule has 0 bridgehead atoms. The van der Waals surface area contributed by atoms with Crippen molar-refractivity contribution in [1.82, 2.24) is 15.4 Å². The summed E-state index contributed by atoms with van der Waals surface area (Å²) in [6.45, 7) is 0.586. The average molecular weight is 274 g/mol. The molecule has 0 spiro atoms. The van der Waals surface area contributed by atoms with Crippen molar-refractivity contribution in [3.05, 3.63) is 62.3 Å². The largest absolute Gasteiger partial charge is 0.494 e. The molecule has 7 heteroatoms. The number of hydrogen-bond donors (Lipinski definition) is 4. The van der Waals surface area contributed by atoms with E-state index in [-0.39, 0.29) is 5.56 Å². The Morgan fingerprint density at radius 3 is 2.65 bits per heavy atom. The van der Waals surface area contributed by atoms with Crippen molar-refractivity contribution in [2.75, 3.05) is 6.54 Å². The van der Waals surface area contributed by atoms with Gasteiger partial charge in [0, 0.05) is 6.54 Å². The first-order valence-corrected chi connectivity index (χ1v) is 6.02. The lowest BCUT2D eigenvalue weighted by atomic mass is 10.2. The Balaban J connectivity index is 1.91. The lowest BCUT2D eigenvalue weighted by molar-refractivity contribution is 0.447. The third kappa shape index (κ3) is 3.58. The summed E-state index contributed by atoms with van der Waals surface area (Å²) in [6, 6.07) is 9.86. The van der Waals surface area contributed by atoms with Crippen molar-refractivity contribution >= 4 is 6.21 Å². The van der Waals surface area contributed by atoms with Crippen molar-refractivity contribution in [2.45, 2.75) is 6.42 Å². The van der Waals surface area contributed by atoms with Gasteiger partial charge in [0.25, 0.3) is 5.56 Å². The van der Waals surface area contributed by atoms with Crippen LogP contribution >= 0.6 is 0 Å². The Kier molecular flexibility index (Phi) is 4.33. The highest BCUT2D eigenvalue weighted by Gasteiger charge is 2.04. The maximum atomic E-state index is 11.4. The molecule has 1 heterocycles. The van der Waals surface area contributed by atoms with Gasteiger partial charge in [-0.1, -0.05) is 30.3 Å². The fraction of sp³-hybridized carbons (Fsp3) is 0.154. The molecule has 104 valence electrons. The van der Waals surface area contributed by atoms with Gasteiger partial charge < -0.3 is 10.5 Å². The molecule has 0 aliphatic carbocycles. The fourth-order valence-electron chi connectivity index (χ4n) is 1.62. The second kappa shape index (κ2) is 6.37. The first-order valence-electron chi connectivity index (χ1n) is 6.02. The zero-order valence-corrected chi connectivity index (χ0v) is 10.6. The van der Waals surface area contributed by atoms with E-state index in [2.05, 4.69) is 15.5 Å². The van der Waals surface area contributed by atoms with Crippen LogP contribution in [0.4, 0.5) is 0 Å². The van der Waals surface area contributed by atoms with E-state index in [1.54, 1.807) is 0 Å². The monoisotopic (exact) mass is 274 g/mol. The number of aromatic hydroxyl groups is 1. The molecule has 0 saturated heterocycles. The van der Waals surface area contributed by atoms with Gasteiger partial charge in [0.15, 0.2) is 0 Å². The number of hydrazone groups is 1. The summed E-state index contributed by atoms with van der Waals surface area (Å²) in [5, 5.41) is 13.2. The fourth-order valence-corrected chi connectivity index (χ4v) is 1.62.